The smallest absolute Gasteiger partial charge is 0.324 e. The molecule has 0 saturated carbocycles. The van der Waals surface area contributed by atoms with Crippen LogP contribution in [0.3, 0.4) is 0 Å². The van der Waals surface area contributed by atoms with E-state index in [1.165, 1.54) is 19.1 Å². The molecule has 0 spiro atoms. The summed E-state index contributed by atoms with van der Waals surface area (Å²) in [6.07, 6.45) is -0.688. The van der Waals surface area contributed by atoms with Crippen molar-refractivity contribution in [2.45, 2.75) is 45.8 Å². The summed E-state index contributed by atoms with van der Waals surface area (Å²) in [4.78, 5) is 26.9. The third-order valence-corrected chi connectivity index (χ3v) is 5.20. The molecule has 0 fully saturated rings. The van der Waals surface area contributed by atoms with Gasteiger partial charge in [-0.15, -0.1) is 0 Å². The Hall–Kier alpha value is -3.47. The Kier molecular flexibility index (Phi) is 7.32. The molecule has 0 aromatic heterocycles. The fraction of sp³-hybridized carbons (Fsp3) is 0.286. The highest BCUT2D eigenvalue weighted by molar-refractivity contribution is 6.00. The number of esters is 2. The largest absolute Gasteiger partial charge is 0.459 e. The van der Waals surface area contributed by atoms with E-state index in [9.17, 15) is 14.0 Å². The summed E-state index contributed by atoms with van der Waals surface area (Å²) in [5.74, 6) is -1.79. The van der Waals surface area contributed by atoms with Gasteiger partial charge in [0.05, 0.1) is 0 Å². The maximum atomic E-state index is 13.6. The Balaban J connectivity index is 1.98. The fourth-order valence-electron chi connectivity index (χ4n) is 3.45. The van der Waals surface area contributed by atoms with Crippen LogP contribution < -0.4 is 0 Å². The molecule has 0 aliphatic rings. The van der Waals surface area contributed by atoms with Crippen molar-refractivity contribution in [2.75, 3.05) is 0 Å². The molecule has 0 amide bonds. The van der Waals surface area contributed by atoms with Crippen molar-refractivity contribution < 1.29 is 23.5 Å². The molecule has 0 radical (unpaired) electrons. The molecule has 0 heterocycles. The second-order valence-electron chi connectivity index (χ2n) is 9.24. The second-order valence-corrected chi connectivity index (χ2v) is 9.24. The van der Waals surface area contributed by atoms with E-state index in [1.54, 1.807) is 32.9 Å². The Morgan fingerprint density at radius 1 is 0.758 bits per heavy atom. The van der Waals surface area contributed by atoms with E-state index in [4.69, 9.17) is 9.47 Å². The molecule has 3 aromatic carbocycles. The molecular weight excluding hydrogens is 419 g/mol. The Bertz CT molecular complexity index is 1030. The van der Waals surface area contributed by atoms with Crippen molar-refractivity contribution in [2.24, 2.45) is 5.41 Å². The van der Waals surface area contributed by atoms with Gasteiger partial charge in [-0.3, -0.25) is 9.59 Å². The fourth-order valence-corrected chi connectivity index (χ4v) is 3.45. The zero-order valence-electron chi connectivity index (χ0n) is 19.4. The minimum absolute atomic E-state index is 0.0112. The van der Waals surface area contributed by atoms with Gasteiger partial charge in [0.1, 0.15) is 11.4 Å². The quantitative estimate of drug-likeness (QED) is 0.326. The van der Waals surface area contributed by atoms with E-state index >= 15 is 0 Å². The lowest BCUT2D eigenvalue weighted by atomic mass is 9.83. The molecule has 5 heteroatoms. The Morgan fingerprint density at radius 2 is 1.24 bits per heavy atom. The predicted octanol–water partition coefficient (Wildman–Crippen LogP) is 6.05. The molecule has 0 aliphatic heterocycles. The first-order valence-corrected chi connectivity index (χ1v) is 10.9. The molecule has 0 aliphatic carbocycles. The van der Waals surface area contributed by atoms with Gasteiger partial charge < -0.3 is 9.47 Å². The van der Waals surface area contributed by atoms with Gasteiger partial charge >= 0.3 is 11.9 Å². The first-order chi connectivity index (χ1) is 15.6. The molecule has 3 rings (SSSR count). The van der Waals surface area contributed by atoms with Gasteiger partial charge in [-0.05, 0) is 62.9 Å². The number of halogens is 1. The number of hydrogen-bond donors (Lipinski definition) is 0. The maximum Gasteiger partial charge on any atom is 0.324 e. The van der Waals surface area contributed by atoms with Crippen molar-refractivity contribution >= 4 is 11.9 Å². The highest BCUT2D eigenvalue weighted by atomic mass is 19.1. The van der Waals surface area contributed by atoms with Crippen molar-refractivity contribution in [3.8, 4) is 0 Å². The summed E-state index contributed by atoms with van der Waals surface area (Å²) in [6, 6.07) is 24.4. The maximum absolute atomic E-state index is 13.6. The molecule has 1 atom stereocenters. The van der Waals surface area contributed by atoms with Crippen LogP contribution in [-0.2, 0) is 25.5 Å². The average molecular weight is 449 g/mol. The van der Waals surface area contributed by atoms with Gasteiger partial charge in [0.25, 0.3) is 0 Å². The Morgan fingerprint density at radius 3 is 1.70 bits per heavy atom. The average Bonchev–Trinajstić information content (AvgIpc) is 2.78. The van der Waals surface area contributed by atoms with Gasteiger partial charge in [-0.1, -0.05) is 72.8 Å². The minimum Gasteiger partial charge on any atom is -0.459 e. The topological polar surface area (TPSA) is 52.6 Å². The van der Waals surface area contributed by atoms with Crippen LogP contribution in [0.2, 0.25) is 0 Å². The van der Waals surface area contributed by atoms with Crippen LogP contribution in [0.1, 0.15) is 50.5 Å². The van der Waals surface area contributed by atoms with Crippen molar-refractivity contribution in [1.29, 1.82) is 0 Å². The van der Waals surface area contributed by atoms with E-state index in [1.807, 2.05) is 60.7 Å². The highest BCUT2D eigenvalue weighted by Crippen LogP contribution is 2.34. The van der Waals surface area contributed by atoms with Gasteiger partial charge in [-0.2, -0.15) is 0 Å². The van der Waals surface area contributed by atoms with Crippen molar-refractivity contribution in [1.82, 2.24) is 0 Å². The number of ether oxygens (including phenoxy) is 2. The highest BCUT2D eigenvalue weighted by Gasteiger charge is 2.47. The SMILES string of the molecule is CC(C)(C)OC(=O)[C@@](C)(Cc1ccc(F)cc1)C(=O)OC(c1ccccc1)c1ccccc1. The van der Waals surface area contributed by atoms with Crippen LogP contribution in [0.5, 0.6) is 0 Å². The lowest BCUT2D eigenvalue weighted by Crippen LogP contribution is -2.44. The Labute approximate surface area is 194 Å². The zero-order chi connectivity index (χ0) is 24.1. The summed E-state index contributed by atoms with van der Waals surface area (Å²) in [5, 5.41) is 0. The van der Waals surface area contributed by atoms with Crippen LogP contribution in [0.4, 0.5) is 4.39 Å². The van der Waals surface area contributed by atoms with Gasteiger partial charge in [0.2, 0.25) is 0 Å². The third-order valence-electron chi connectivity index (χ3n) is 5.20. The minimum atomic E-state index is -1.63. The summed E-state index contributed by atoms with van der Waals surface area (Å²) in [6.45, 7) is 6.74. The summed E-state index contributed by atoms with van der Waals surface area (Å²) < 4.78 is 25.0. The lowest BCUT2D eigenvalue weighted by Gasteiger charge is -2.31. The molecule has 0 saturated heterocycles. The van der Waals surface area contributed by atoms with E-state index in [0.29, 0.717) is 5.56 Å². The second kappa shape index (κ2) is 9.99. The van der Waals surface area contributed by atoms with Crippen molar-refractivity contribution in [3.63, 3.8) is 0 Å². The number of carbonyl (C=O) groups is 2. The molecule has 0 N–H and O–H groups in total. The number of hydrogen-bond acceptors (Lipinski definition) is 4. The van der Waals surface area contributed by atoms with E-state index in [2.05, 4.69) is 0 Å². The van der Waals surface area contributed by atoms with Gasteiger partial charge in [0, 0.05) is 0 Å². The van der Waals surface area contributed by atoms with Gasteiger partial charge in [-0.25, -0.2) is 4.39 Å². The van der Waals surface area contributed by atoms with Crippen LogP contribution in [0.15, 0.2) is 84.9 Å². The number of carbonyl (C=O) groups excluding carboxylic acids is 2. The predicted molar refractivity (Wildman–Crippen MR) is 125 cm³/mol. The van der Waals surface area contributed by atoms with Crippen LogP contribution in [-0.4, -0.2) is 17.5 Å². The molecular formula is C28H29FO4. The van der Waals surface area contributed by atoms with E-state index in [-0.39, 0.29) is 6.42 Å². The molecule has 3 aromatic rings. The molecule has 0 unspecified atom stereocenters. The third kappa shape index (κ3) is 6.28. The van der Waals surface area contributed by atoms with Crippen LogP contribution in [0, 0.1) is 11.2 Å². The zero-order valence-corrected chi connectivity index (χ0v) is 19.4. The van der Waals surface area contributed by atoms with Crippen molar-refractivity contribution in [3.05, 3.63) is 107 Å². The lowest BCUT2D eigenvalue weighted by molar-refractivity contribution is -0.180. The normalized spacial score (nSPS) is 13.3. The summed E-state index contributed by atoms with van der Waals surface area (Å²) >= 11 is 0. The first-order valence-electron chi connectivity index (χ1n) is 10.9. The molecule has 33 heavy (non-hydrogen) atoms. The van der Waals surface area contributed by atoms with Gasteiger partial charge in [0.15, 0.2) is 11.5 Å². The molecule has 4 nitrogen and oxygen atoms in total. The van der Waals surface area contributed by atoms with Crippen LogP contribution >= 0.6 is 0 Å². The summed E-state index contributed by atoms with van der Waals surface area (Å²) in [5.41, 5.74) is -0.236. The molecule has 172 valence electrons. The number of benzene rings is 3. The number of rotatable bonds is 7. The first kappa shape index (κ1) is 24.2. The van der Waals surface area contributed by atoms with E-state index in [0.717, 1.165) is 11.1 Å². The summed E-state index contributed by atoms with van der Waals surface area (Å²) in [7, 11) is 0. The van der Waals surface area contributed by atoms with E-state index < -0.39 is 34.9 Å². The monoisotopic (exact) mass is 448 g/mol. The van der Waals surface area contributed by atoms with Crippen LogP contribution in [0.25, 0.3) is 0 Å². The molecule has 0 bridgehead atoms. The standard InChI is InChI=1S/C28H29FO4/c1-27(2,3)33-26(31)28(4,19-20-15-17-23(29)18-16-20)25(30)32-24(21-11-7-5-8-12-21)22-13-9-6-10-14-22/h5-18,24H,19H2,1-4H3/t28-/m0/s1.